The third-order valence-electron chi connectivity index (χ3n) is 2.05. The monoisotopic (exact) mass is 191 g/mol. The van der Waals surface area contributed by atoms with Crippen molar-refractivity contribution in [3.63, 3.8) is 0 Å². The number of hydrogen-bond donors (Lipinski definition) is 1. The second-order valence-electron chi connectivity index (χ2n) is 3.09. The van der Waals surface area contributed by atoms with Crippen LogP contribution in [0.3, 0.4) is 0 Å². The summed E-state index contributed by atoms with van der Waals surface area (Å²) in [6, 6.07) is -0.194. The van der Waals surface area contributed by atoms with Gasteiger partial charge in [-0.25, -0.2) is 0 Å². The molecular weight excluding hydrogens is 179 g/mol. The van der Waals surface area contributed by atoms with Crippen LogP contribution in [0.1, 0.15) is 20.3 Å². The molecule has 1 aliphatic heterocycles. The van der Waals surface area contributed by atoms with Gasteiger partial charge in [-0.2, -0.15) is 13.2 Å². The number of dihydropyridines is 1. The van der Waals surface area contributed by atoms with E-state index in [2.05, 4.69) is 5.32 Å². The molecule has 0 spiro atoms. The Labute approximate surface area is 75.3 Å². The van der Waals surface area contributed by atoms with E-state index in [4.69, 9.17) is 0 Å². The van der Waals surface area contributed by atoms with E-state index in [9.17, 15) is 13.2 Å². The molecule has 1 nitrogen and oxygen atoms in total. The van der Waals surface area contributed by atoms with E-state index in [1.165, 1.54) is 19.2 Å². The molecule has 13 heavy (non-hydrogen) atoms. The number of halogens is 3. The Morgan fingerprint density at radius 2 is 2.08 bits per heavy atom. The summed E-state index contributed by atoms with van der Waals surface area (Å²) in [4.78, 5) is 0. The lowest BCUT2D eigenvalue weighted by Crippen LogP contribution is -2.29. The standard InChI is InChI=1S/C9H12F3N/c1-3-7-4-8(9(10,11)12)6(2)5-13-7/h4-5,7,13H,3H2,1-2H3. The van der Waals surface area contributed by atoms with Crippen LogP contribution in [0.2, 0.25) is 0 Å². The molecule has 1 atom stereocenters. The van der Waals surface area contributed by atoms with Gasteiger partial charge in [0.05, 0.1) is 5.57 Å². The lowest BCUT2D eigenvalue weighted by Gasteiger charge is -2.22. The molecule has 74 valence electrons. The molecule has 0 bridgehead atoms. The second-order valence-corrected chi connectivity index (χ2v) is 3.09. The van der Waals surface area contributed by atoms with Gasteiger partial charge in [-0.05, 0) is 25.0 Å². The summed E-state index contributed by atoms with van der Waals surface area (Å²) in [5.74, 6) is 0. The molecule has 0 saturated heterocycles. The van der Waals surface area contributed by atoms with Crippen molar-refractivity contribution in [3.8, 4) is 0 Å². The first-order valence-corrected chi connectivity index (χ1v) is 4.17. The molecule has 0 amide bonds. The van der Waals surface area contributed by atoms with Crippen molar-refractivity contribution in [2.24, 2.45) is 0 Å². The minimum Gasteiger partial charge on any atom is -0.384 e. The molecule has 1 heterocycles. The highest BCUT2D eigenvalue weighted by Crippen LogP contribution is 2.32. The molecular formula is C9H12F3N. The zero-order chi connectivity index (χ0) is 10.1. The third-order valence-corrected chi connectivity index (χ3v) is 2.05. The summed E-state index contributed by atoms with van der Waals surface area (Å²) in [6.45, 7) is 3.30. The van der Waals surface area contributed by atoms with E-state index < -0.39 is 11.7 Å². The number of rotatable bonds is 1. The smallest absolute Gasteiger partial charge is 0.384 e. The fraction of sp³-hybridized carbons (Fsp3) is 0.556. The van der Waals surface area contributed by atoms with Gasteiger partial charge in [-0.1, -0.05) is 6.92 Å². The Kier molecular flexibility index (Phi) is 2.68. The van der Waals surface area contributed by atoms with Crippen LogP contribution in [-0.2, 0) is 0 Å². The van der Waals surface area contributed by atoms with Gasteiger partial charge in [0.15, 0.2) is 0 Å². The van der Waals surface area contributed by atoms with Gasteiger partial charge in [-0.3, -0.25) is 0 Å². The number of nitrogens with one attached hydrogen (secondary N) is 1. The van der Waals surface area contributed by atoms with Gasteiger partial charge < -0.3 is 5.32 Å². The second kappa shape index (κ2) is 3.44. The van der Waals surface area contributed by atoms with Gasteiger partial charge in [0.25, 0.3) is 0 Å². The summed E-state index contributed by atoms with van der Waals surface area (Å²) in [5.41, 5.74) is -0.268. The zero-order valence-corrected chi connectivity index (χ0v) is 7.57. The first-order chi connectivity index (χ1) is 5.95. The molecule has 1 aliphatic rings. The minimum atomic E-state index is -4.23. The molecule has 0 aromatic carbocycles. The van der Waals surface area contributed by atoms with Crippen LogP contribution >= 0.6 is 0 Å². The first-order valence-electron chi connectivity index (χ1n) is 4.17. The first kappa shape index (κ1) is 10.2. The molecule has 4 heteroatoms. The summed E-state index contributed by atoms with van der Waals surface area (Å²) < 4.78 is 37.1. The van der Waals surface area contributed by atoms with E-state index in [1.807, 2.05) is 6.92 Å². The molecule has 0 aromatic rings. The van der Waals surface area contributed by atoms with E-state index in [1.54, 1.807) is 0 Å². The highest BCUT2D eigenvalue weighted by molar-refractivity contribution is 5.36. The van der Waals surface area contributed by atoms with Crippen LogP contribution in [0.15, 0.2) is 23.4 Å². The molecule has 1 N–H and O–H groups in total. The van der Waals surface area contributed by atoms with E-state index in [0.29, 0.717) is 6.42 Å². The predicted octanol–water partition coefficient (Wildman–Crippen LogP) is 2.76. The maximum absolute atomic E-state index is 12.4. The van der Waals surface area contributed by atoms with Gasteiger partial charge in [0.1, 0.15) is 0 Å². The normalized spacial score (nSPS) is 23.3. The Hall–Kier alpha value is -0.930. The largest absolute Gasteiger partial charge is 0.416 e. The number of alkyl halides is 3. The van der Waals surface area contributed by atoms with Crippen LogP contribution in [0.25, 0.3) is 0 Å². The van der Waals surface area contributed by atoms with Crippen molar-refractivity contribution < 1.29 is 13.2 Å². The van der Waals surface area contributed by atoms with E-state index in [-0.39, 0.29) is 11.6 Å². The Morgan fingerprint density at radius 1 is 1.46 bits per heavy atom. The number of hydrogen-bond acceptors (Lipinski definition) is 1. The molecule has 0 saturated carbocycles. The van der Waals surface area contributed by atoms with Gasteiger partial charge in [0, 0.05) is 12.2 Å². The third kappa shape index (κ3) is 2.26. The van der Waals surface area contributed by atoms with Crippen LogP contribution in [-0.4, -0.2) is 12.2 Å². The molecule has 0 radical (unpaired) electrons. The van der Waals surface area contributed by atoms with Crippen LogP contribution < -0.4 is 5.32 Å². The Morgan fingerprint density at radius 3 is 2.54 bits per heavy atom. The fourth-order valence-electron chi connectivity index (χ4n) is 1.24. The molecule has 0 aromatic heterocycles. The van der Waals surface area contributed by atoms with Crippen molar-refractivity contribution in [3.05, 3.63) is 23.4 Å². The average Bonchev–Trinajstić information content (AvgIpc) is 2.03. The Balaban J connectivity index is 2.91. The average molecular weight is 191 g/mol. The SMILES string of the molecule is CCC1C=C(C(F)(F)F)C(C)=CN1. The maximum Gasteiger partial charge on any atom is 0.416 e. The van der Waals surface area contributed by atoms with Gasteiger partial charge in [0.2, 0.25) is 0 Å². The van der Waals surface area contributed by atoms with Gasteiger partial charge in [-0.15, -0.1) is 0 Å². The van der Waals surface area contributed by atoms with E-state index in [0.717, 1.165) is 0 Å². The summed E-state index contributed by atoms with van der Waals surface area (Å²) >= 11 is 0. The van der Waals surface area contributed by atoms with Crippen molar-refractivity contribution in [2.75, 3.05) is 0 Å². The quantitative estimate of drug-likeness (QED) is 0.672. The lowest BCUT2D eigenvalue weighted by atomic mass is 10.0. The molecule has 0 aliphatic carbocycles. The van der Waals surface area contributed by atoms with Crippen LogP contribution in [0.5, 0.6) is 0 Å². The van der Waals surface area contributed by atoms with E-state index >= 15 is 0 Å². The summed E-state index contributed by atoms with van der Waals surface area (Å²) in [7, 11) is 0. The predicted molar refractivity (Wildman–Crippen MR) is 45.1 cm³/mol. The Bertz CT molecular complexity index is 250. The highest BCUT2D eigenvalue weighted by Gasteiger charge is 2.36. The van der Waals surface area contributed by atoms with Crippen LogP contribution in [0.4, 0.5) is 13.2 Å². The molecule has 1 rings (SSSR count). The molecule has 1 unspecified atom stereocenters. The number of allylic oxidation sites excluding steroid dienone is 2. The zero-order valence-electron chi connectivity index (χ0n) is 7.57. The van der Waals surface area contributed by atoms with Crippen molar-refractivity contribution >= 4 is 0 Å². The van der Waals surface area contributed by atoms with Crippen molar-refractivity contribution in [2.45, 2.75) is 32.5 Å². The van der Waals surface area contributed by atoms with Crippen molar-refractivity contribution in [1.82, 2.24) is 5.32 Å². The topological polar surface area (TPSA) is 12.0 Å². The van der Waals surface area contributed by atoms with Gasteiger partial charge >= 0.3 is 6.18 Å². The summed E-state index contributed by atoms with van der Waals surface area (Å²) in [6.07, 6.45) is -0.897. The maximum atomic E-state index is 12.4. The lowest BCUT2D eigenvalue weighted by molar-refractivity contribution is -0.0899. The highest BCUT2D eigenvalue weighted by atomic mass is 19.4. The van der Waals surface area contributed by atoms with Crippen molar-refractivity contribution in [1.29, 1.82) is 0 Å². The van der Waals surface area contributed by atoms with Crippen LogP contribution in [0, 0.1) is 0 Å². The fourth-order valence-corrected chi connectivity index (χ4v) is 1.24. The minimum absolute atomic E-state index is 0.194. The summed E-state index contributed by atoms with van der Waals surface area (Å²) in [5, 5.41) is 2.88. The molecule has 0 fully saturated rings.